The van der Waals surface area contributed by atoms with Gasteiger partial charge in [-0.15, -0.1) is 0 Å². The van der Waals surface area contributed by atoms with Crippen molar-refractivity contribution in [1.82, 2.24) is 4.90 Å². The number of hydrogen-bond acceptors (Lipinski definition) is 2. The van der Waals surface area contributed by atoms with Crippen LogP contribution in [-0.4, -0.2) is 36.8 Å². The van der Waals surface area contributed by atoms with Gasteiger partial charge in [0.15, 0.2) is 0 Å². The van der Waals surface area contributed by atoms with E-state index in [0.717, 1.165) is 6.54 Å². The van der Waals surface area contributed by atoms with Crippen LogP contribution in [-0.2, 0) is 17.1 Å². The molecule has 0 aromatic carbocycles. The Balaban J connectivity index is 0. The molecule has 3 heteroatoms. The monoisotopic (exact) mass is 166 g/mol. The van der Waals surface area contributed by atoms with E-state index < -0.39 is 0 Å². The quantitative estimate of drug-likeness (QED) is 0.581. The summed E-state index contributed by atoms with van der Waals surface area (Å²) in [6, 6.07) is 0. The molecule has 2 nitrogen and oxygen atoms in total. The largest absolute Gasteiger partial charge is 0.392 e. The maximum atomic E-state index is 8.68. The molecule has 1 atom stereocenters. The Morgan fingerprint density at radius 2 is 1.88 bits per heavy atom. The first-order valence-electron chi connectivity index (χ1n) is 2.45. The van der Waals surface area contributed by atoms with Gasteiger partial charge in [-0.05, 0) is 21.0 Å². The van der Waals surface area contributed by atoms with Crippen LogP contribution >= 0.6 is 0 Å². The summed E-state index contributed by atoms with van der Waals surface area (Å²) >= 11 is 0. The van der Waals surface area contributed by atoms with Gasteiger partial charge in [-0.2, -0.15) is 0 Å². The van der Waals surface area contributed by atoms with Gasteiger partial charge < -0.3 is 10.0 Å². The molecule has 1 radical (unpaired) electrons. The predicted molar refractivity (Wildman–Crippen MR) is 30.2 cm³/mol. The summed E-state index contributed by atoms with van der Waals surface area (Å²) in [5.74, 6) is 0. The molecule has 0 saturated heterocycles. The van der Waals surface area contributed by atoms with Crippen LogP contribution in [0.5, 0.6) is 0 Å². The van der Waals surface area contributed by atoms with Crippen molar-refractivity contribution in [1.29, 1.82) is 0 Å². The fourth-order valence-corrected chi connectivity index (χ4v) is 0.528. The number of likely N-dealkylation sites (N-methyl/N-ethyl adjacent to an activating group) is 1. The van der Waals surface area contributed by atoms with Crippen LogP contribution in [0.1, 0.15) is 6.92 Å². The molecule has 0 aliphatic heterocycles. The minimum atomic E-state index is -0.199. The van der Waals surface area contributed by atoms with E-state index in [2.05, 4.69) is 0 Å². The van der Waals surface area contributed by atoms with E-state index in [1.54, 1.807) is 6.92 Å². The Bertz CT molecular complexity index is 41.7. The molecule has 0 aromatic rings. The first-order chi connectivity index (χ1) is 3.13. The number of nitrogens with zero attached hydrogens (tertiary/aromatic N) is 1. The Labute approximate surface area is 61.3 Å². The van der Waals surface area contributed by atoms with Crippen LogP contribution in [0.2, 0.25) is 0 Å². The first-order valence-corrected chi connectivity index (χ1v) is 2.45. The summed E-state index contributed by atoms with van der Waals surface area (Å²) in [5, 5.41) is 8.68. The Morgan fingerprint density at radius 1 is 1.50 bits per heavy atom. The molecule has 0 rings (SSSR count). The van der Waals surface area contributed by atoms with Crippen LogP contribution in [0.4, 0.5) is 0 Å². The summed E-state index contributed by atoms with van der Waals surface area (Å²) in [6.45, 7) is 2.53. The molecule has 0 spiro atoms. The van der Waals surface area contributed by atoms with Crippen molar-refractivity contribution in [3.8, 4) is 0 Å². The third-order valence-electron chi connectivity index (χ3n) is 0.629. The topological polar surface area (TPSA) is 23.5 Å². The van der Waals surface area contributed by atoms with Gasteiger partial charge in [0, 0.05) is 23.6 Å². The van der Waals surface area contributed by atoms with E-state index in [-0.39, 0.29) is 23.2 Å². The zero-order valence-corrected chi connectivity index (χ0v) is 6.42. The molecule has 0 aliphatic carbocycles. The maximum absolute atomic E-state index is 8.68. The number of hydrogen-bond donors (Lipinski definition) is 1. The van der Waals surface area contributed by atoms with E-state index in [4.69, 9.17) is 5.11 Å². The third kappa shape index (κ3) is 9.67. The zero-order valence-electron chi connectivity index (χ0n) is 5.48. The Morgan fingerprint density at radius 3 is 1.88 bits per heavy atom. The molecule has 1 N–H and O–H groups in total. The van der Waals surface area contributed by atoms with Crippen molar-refractivity contribution in [3.63, 3.8) is 0 Å². The van der Waals surface area contributed by atoms with E-state index in [1.165, 1.54) is 0 Å². The summed E-state index contributed by atoms with van der Waals surface area (Å²) in [6.07, 6.45) is -0.199. The molecule has 8 heavy (non-hydrogen) atoms. The second-order valence-electron chi connectivity index (χ2n) is 2.11. The fourth-order valence-electron chi connectivity index (χ4n) is 0.528. The van der Waals surface area contributed by atoms with Crippen LogP contribution in [0.3, 0.4) is 0 Å². The van der Waals surface area contributed by atoms with Gasteiger partial charge in [-0.25, -0.2) is 0 Å². The van der Waals surface area contributed by atoms with E-state index in [1.807, 2.05) is 19.0 Å². The maximum Gasteiger partial charge on any atom is 0.0638 e. The second kappa shape index (κ2) is 5.57. The molecule has 0 amide bonds. The van der Waals surface area contributed by atoms with E-state index in [9.17, 15) is 0 Å². The molecule has 0 aromatic heterocycles. The van der Waals surface area contributed by atoms with Crippen molar-refractivity contribution in [3.05, 3.63) is 0 Å². The SMILES string of the molecule is CC(O)CN(C)C.[Cu]. The van der Waals surface area contributed by atoms with Gasteiger partial charge in [-0.3, -0.25) is 0 Å². The number of aliphatic hydroxyl groups is 1. The smallest absolute Gasteiger partial charge is 0.0638 e. The van der Waals surface area contributed by atoms with Crippen LogP contribution < -0.4 is 0 Å². The van der Waals surface area contributed by atoms with Gasteiger partial charge in [0.25, 0.3) is 0 Å². The minimum absolute atomic E-state index is 0. The van der Waals surface area contributed by atoms with Crippen molar-refractivity contribution in [2.75, 3.05) is 20.6 Å². The van der Waals surface area contributed by atoms with E-state index >= 15 is 0 Å². The molecule has 1 unspecified atom stereocenters. The van der Waals surface area contributed by atoms with Gasteiger partial charge >= 0.3 is 0 Å². The minimum Gasteiger partial charge on any atom is -0.392 e. The van der Waals surface area contributed by atoms with Crippen LogP contribution in [0.15, 0.2) is 0 Å². The molecule has 0 fully saturated rings. The molecule has 0 saturated carbocycles. The molecule has 55 valence electrons. The summed E-state index contributed by atoms with van der Waals surface area (Å²) < 4.78 is 0. The van der Waals surface area contributed by atoms with Crippen molar-refractivity contribution in [2.24, 2.45) is 0 Å². The Hall–Kier alpha value is 0.439. The number of rotatable bonds is 2. The fraction of sp³-hybridized carbons (Fsp3) is 1.00. The predicted octanol–water partition coefficient (Wildman–Crippen LogP) is -0.0737. The number of aliphatic hydroxyl groups excluding tert-OH is 1. The van der Waals surface area contributed by atoms with E-state index in [0.29, 0.717) is 0 Å². The normalized spacial score (nSPS) is 13.1. The van der Waals surface area contributed by atoms with Gasteiger partial charge in [0.2, 0.25) is 0 Å². The molecular weight excluding hydrogens is 154 g/mol. The standard InChI is InChI=1S/C5H13NO.Cu/c1-5(7)4-6(2)3;/h5,7H,4H2,1-3H3;. The Kier molecular flexibility index (Phi) is 7.85. The van der Waals surface area contributed by atoms with Crippen LogP contribution in [0.25, 0.3) is 0 Å². The second-order valence-corrected chi connectivity index (χ2v) is 2.11. The third-order valence-corrected chi connectivity index (χ3v) is 0.629. The van der Waals surface area contributed by atoms with Crippen molar-refractivity contribution in [2.45, 2.75) is 13.0 Å². The zero-order chi connectivity index (χ0) is 5.86. The van der Waals surface area contributed by atoms with Crippen molar-refractivity contribution < 1.29 is 22.2 Å². The van der Waals surface area contributed by atoms with Crippen molar-refractivity contribution >= 4 is 0 Å². The van der Waals surface area contributed by atoms with Gasteiger partial charge in [0.1, 0.15) is 0 Å². The molecule has 0 aliphatic rings. The average molecular weight is 167 g/mol. The first kappa shape index (κ1) is 11.3. The van der Waals surface area contributed by atoms with Gasteiger partial charge in [-0.1, -0.05) is 0 Å². The summed E-state index contributed by atoms with van der Waals surface area (Å²) in [5.41, 5.74) is 0. The van der Waals surface area contributed by atoms with Gasteiger partial charge in [0.05, 0.1) is 6.10 Å². The molecule has 0 heterocycles. The van der Waals surface area contributed by atoms with Crippen LogP contribution in [0, 0.1) is 0 Å². The molecule has 0 bridgehead atoms. The summed E-state index contributed by atoms with van der Waals surface area (Å²) in [7, 11) is 3.87. The summed E-state index contributed by atoms with van der Waals surface area (Å²) in [4.78, 5) is 1.95. The molecular formula is C5H13CuNO. The average Bonchev–Trinajstić information content (AvgIpc) is 1.27.